The molecule has 1 aliphatic rings. The van der Waals surface area contributed by atoms with E-state index in [0.717, 1.165) is 11.1 Å². The summed E-state index contributed by atoms with van der Waals surface area (Å²) in [7, 11) is -7.28. The molecule has 0 aromatic heterocycles. The summed E-state index contributed by atoms with van der Waals surface area (Å²) in [6, 6.07) is 12.5. The number of carbonyl (C=O) groups is 1. The number of ether oxygens (including phenoxy) is 1. The minimum Gasteiger partial charge on any atom is -0.379 e. The Morgan fingerprint density at radius 2 is 1.45 bits per heavy atom. The summed E-state index contributed by atoms with van der Waals surface area (Å²) in [6.07, 6.45) is 0.707. The number of nitrogens with two attached hydrogens (primary N) is 1. The van der Waals surface area contributed by atoms with Crippen LogP contribution in [0.2, 0.25) is 0 Å². The Kier molecular flexibility index (Phi) is 7.44. The summed E-state index contributed by atoms with van der Waals surface area (Å²) in [6.45, 7) is 1.73. The maximum Gasteiger partial charge on any atom is 0.243 e. The molecule has 0 saturated carbocycles. The lowest BCUT2D eigenvalue weighted by atomic mass is 10.1. The lowest BCUT2D eigenvalue weighted by molar-refractivity contribution is -0.121. The van der Waals surface area contributed by atoms with Gasteiger partial charge in [0.15, 0.2) is 0 Å². The largest absolute Gasteiger partial charge is 0.379 e. The standard InChI is InChI=1S/C20H25N3O6S2/c21-30(25,26)18-6-3-17(4-7-18)15-22-20(24)10-5-16-1-8-19(9-2-16)31(27,28)23-11-13-29-14-12-23/h1-4,6-9H,5,10-15H2,(H,22,24)(H2,21,25,26). The maximum absolute atomic E-state index is 12.6. The smallest absolute Gasteiger partial charge is 0.243 e. The summed E-state index contributed by atoms with van der Waals surface area (Å²) in [5.41, 5.74) is 1.60. The zero-order valence-corrected chi connectivity index (χ0v) is 18.5. The fraction of sp³-hybridized carbons (Fsp3) is 0.350. The number of primary sulfonamides is 1. The highest BCUT2D eigenvalue weighted by molar-refractivity contribution is 7.89. The number of nitrogens with zero attached hydrogens (tertiary/aromatic N) is 1. The minimum absolute atomic E-state index is 0.0154. The third-order valence-corrected chi connectivity index (χ3v) is 7.76. The molecule has 0 radical (unpaired) electrons. The van der Waals surface area contributed by atoms with Gasteiger partial charge in [0.2, 0.25) is 26.0 Å². The molecule has 168 valence electrons. The molecule has 0 spiro atoms. The van der Waals surface area contributed by atoms with Crippen molar-refractivity contribution in [2.45, 2.75) is 29.2 Å². The van der Waals surface area contributed by atoms with Gasteiger partial charge < -0.3 is 10.1 Å². The highest BCUT2D eigenvalue weighted by atomic mass is 32.2. The van der Waals surface area contributed by atoms with Gasteiger partial charge >= 0.3 is 0 Å². The molecule has 3 rings (SSSR count). The molecule has 1 amide bonds. The Bertz CT molecular complexity index is 1110. The third kappa shape index (κ3) is 6.34. The molecular formula is C20H25N3O6S2. The van der Waals surface area contributed by atoms with E-state index in [4.69, 9.17) is 9.88 Å². The first kappa shape index (κ1) is 23.4. The van der Waals surface area contributed by atoms with Gasteiger partial charge in [0.05, 0.1) is 23.0 Å². The highest BCUT2D eigenvalue weighted by Crippen LogP contribution is 2.18. The van der Waals surface area contributed by atoms with Crippen LogP contribution in [-0.4, -0.2) is 53.4 Å². The second-order valence-electron chi connectivity index (χ2n) is 7.13. The Morgan fingerprint density at radius 1 is 0.903 bits per heavy atom. The van der Waals surface area contributed by atoms with Crippen molar-refractivity contribution in [3.63, 3.8) is 0 Å². The molecule has 1 heterocycles. The Morgan fingerprint density at radius 3 is 2.03 bits per heavy atom. The molecule has 31 heavy (non-hydrogen) atoms. The predicted octanol–water partition coefficient (Wildman–Crippen LogP) is 0.604. The molecule has 0 atom stereocenters. The molecular weight excluding hydrogens is 442 g/mol. The van der Waals surface area contributed by atoms with Crippen molar-refractivity contribution in [3.8, 4) is 0 Å². The number of carbonyl (C=O) groups excluding carboxylic acids is 1. The van der Waals surface area contributed by atoms with Crippen molar-refractivity contribution >= 4 is 26.0 Å². The summed E-state index contributed by atoms with van der Waals surface area (Å²) >= 11 is 0. The number of benzene rings is 2. The minimum atomic E-state index is -3.74. The molecule has 2 aromatic rings. The van der Waals surface area contributed by atoms with E-state index in [0.29, 0.717) is 32.7 Å². The molecule has 2 aromatic carbocycles. The van der Waals surface area contributed by atoms with Crippen molar-refractivity contribution < 1.29 is 26.4 Å². The fourth-order valence-electron chi connectivity index (χ4n) is 3.11. The van der Waals surface area contributed by atoms with Crippen LogP contribution < -0.4 is 10.5 Å². The van der Waals surface area contributed by atoms with E-state index < -0.39 is 20.0 Å². The monoisotopic (exact) mass is 467 g/mol. The number of amides is 1. The topological polar surface area (TPSA) is 136 Å². The van der Waals surface area contributed by atoms with E-state index in [1.165, 1.54) is 16.4 Å². The fourth-order valence-corrected chi connectivity index (χ4v) is 5.03. The van der Waals surface area contributed by atoms with E-state index in [-0.39, 0.29) is 28.7 Å². The second-order valence-corrected chi connectivity index (χ2v) is 10.6. The molecule has 0 aliphatic carbocycles. The van der Waals surface area contributed by atoms with Crippen LogP contribution in [0.5, 0.6) is 0 Å². The van der Waals surface area contributed by atoms with Crippen LogP contribution in [-0.2, 0) is 42.5 Å². The van der Waals surface area contributed by atoms with Crippen LogP contribution in [0.3, 0.4) is 0 Å². The Hall–Kier alpha value is -2.31. The number of aryl methyl sites for hydroxylation is 1. The van der Waals surface area contributed by atoms with Crippen molar-refractivity contribution in [1.82, 2.24) is 9.62 Å². The van der Waals surface area contributed by atoms with E-state index >= 15 is 0 Å². The van der Waals surface area contributed by atoms with Gasteiger partial charge in [0, 0.05) is 26.1 Å². The van der Waals surface area contributed by atoms with Gasteiger partial charge in [-0.25, -0.2) is 22.0 Å². The first-order valence-electron chi connectivity index (χ1n) is 9.71. The summed E-state index contributed by atoms with van der Waals surface area (Å²) in [4.78, 5) is 12.3. The van der Waals surface area contributed by atoms with Crippen LogP contribution in [0.15, 0.2) is 58.3 Å². The van der Waals surface area contributed by atoms with Gasteiger partial charge in [0.25, 0.3) is 0 Å². The number of morpholine rings is 1. The van der Waals surface area contributed by atoms with E-state index in [2.05, 4.69) is 5.32 Å². The molecule has 3 N–H and O–H groups in total. The van der Waals surface area contributed by atoms with Crippen molar-refractivity contribution in [3.05, 3.63) is 59.7 Å². The summed E-state index contributed by atoms with van der Waals surface area (Å²) in [5.74, 6) is -0.166. The normalized spacial score (nSPS) is 15.5. The molecule has 1 aliphatic heterocycles. The lowest BCUT2D eigenvalue weighted by Gasteiger charge is -2.26. The average Bonchev–Trinajstić information content (AvgIpc) is 2.77. The van der Waals surface area contributed by atoms with E-state index in [9.17, 15) is 21.6 Å². The van der Waals surface area contributed by atoms with Crippen LogP contribution in [0.1, 0.15) is 17.5 Å². The predicted molar refractivity (Wildman–Crippen MR) is 114 cm³/mol. The van der Waals surface area contributed by atoms with Gasteiger partial charge in [-0.1, -0.05) is 24.3 Å². The van der Waals surface area contributed by atoms with Gasteiger partial charge in [-0.05, 0) is 41.8 Å². The molecule has 11 heteroatoms. The SMILES string of the molecule is NS(=O)(=O)c1ccc(CNC(=O)CCc2ccc(S(=O)(=O)N3CCOCC3)cc2)cc1. The number of hydrogen-bond donors (Lipinski definition) is 2. The van der Waals surface area contributed by atoms with Gasteiger partial charge in [-0.15, -0.1) is 0 Å². The lowest BCUT2D eigenvalue weighted by Crippen LogP contribution is -2.40. The number of sulfonamides is 2. The number of hydrogen-bond acceptors (Lipinski definition) is 6. The van der Waals surface area contributed by atoms with Gasteiger partial charge in [-0.2, -0.15) is 4.31 Å². The molecule has 0 unspecified atom stereocenters. The Balaban J connectivity index is 1.49. The zero-order valence-electron chi connectivity index (χ0n) is 16.9. The van der Waals surface area contributed by atoms with Gasteiger partial charge in [-0.3, -0.25) is 4.79 Å². The summed E-state index contributed by atoms with van der Waals surface area (Å²) in [5, 5.41) is 7.83. The first-order valence-corrected chi connectivity index (χ1v) is 12.7. The van der Waals surface area contributed by atoms with E-state index in [1.54, 1.807) is 36.4 Å². The van der Waals surface area contributed by atoms with E-state index in [1.807, 2.05) is 0 Å². The molecule has 1 fully saturated rings. The molecule has 9 nitrogen and oxygen atoms in total. The van der Waals surface area contributed by atoms with Crippen molar-refractivity contribution in [2.75, 3.05) is 26.3 Å². The number of rotatable bonds is 8. The first-order chi connectivity index (χ1) is 14.7. The van der Waals surface area contributed by atoms with Crippen molar-refractivity contribution in [1.29, 1.82) is 0 Å². The molecule has 0 bridgehead atoms. The Labute approximate surface area is 182 Å². The third-order valence-electron chi connectivity index (χ3n) is 4.91. The molecule has 1 saturated heterocycles. The number of nitrogens with one attached hydrogen (secondary N) is 1. The quantitative estimate of drug-likeness (QED) is 0.584. The highest BCUT2D eigenvalue weighted by Gasteiger charge is 2.26. The average molecular weight is 468 g/mol. The zero-order chi connectivity index (χ0) is 22.5. The van der Waals surface area contributed by atoms with Crippen LogP contribution in [0.4, 0.5) is 0 Å². The van der Waals surface area contributed by atoms with Gasteiger partial charge in [0.1, 0.15) is 0 Å². The van der Waals surface area contributed by atoms with Crippen LogP contribution >= 0.6 is 0 Å². The van der Waals surface area contributed by atoms with Crippen LogP contribution in [0.25, 0.3) is 0 Å². The summed E-state index contributed by atoms with van der Waals surface area (Å²) < 4.78 is 54.4. The maximum atomic E-state index is 12.6. The van der Waals surface area contributed by atoms with Crippen molar-refractivity contribution in [2.24, 2.45) is 5.14 Å². The second kappa shape index (κ2) is 9.88. The van der Waals surface area contributed by atoms with Crippen LogP contribution in [0, 0.1) is 0 Å².